The normalized spacial score (nSPS) is 12.4. The van der Waals surface area contributed by atoms with Gasteiger partial charge in [0.25, 0.3) is 0 Å². The van der Waals surface area contributed by atoms with Crippen LogP contribution in [0.5, 0.6) is 0 Å². The van der Waals surface area contributed by atoms with E-state index in [-0.39, 0.29) is 11.9 Å². The van der Waals surface area contributed by atoms with Crippen molar-refractivity contribution in [1.29, 1.82) is 0 Å². The SMILES string of the molecule is C=C(C)CCC(NCCC)c1c(F)cccc1Br. The zero-order chi connectivity index (χ0) is 13.5. The van der Waals surface area contributed by atoms with Gasteiger partial charge in [-0.25, -0.2) is 4.39 Å². The lowest BCUT2D eigenvalue weighted by Gasteiger charge is -2.21. The fourth-order valence-electron chi connectivity index (χ4n) is 1.90. The van der Waals surface area contributed by atoms with Gasteiger partial charge in [-0.3, -0.25) is 0 Å². The molecule has 0 amide bonds. The quantitative estimate of drug-likeness (QED) is 0.700. The van der Waals surface area contributed by atoms with Crippen LogP contribution in [0.2, 0.25) is 0 Å². The molecule has 1 aromatic rings. The van der Waals surface area contributed by atoms with Crippen LogP contribution in [0.3, 0.4) is 0 Å². The number of allylic oxidation sites excluding steroid dienone is 1. The molecular weight excluding hydrogens is 293 g/mol. The van der Waals surface area contributed by atoms with Crippen molar-refractivity contribution in [3.05, 3.63) is 46.2 Å². The lowest BCUT2D eigenvalue weighted by atomic mass is 9.99. The zero-order valence-electron chi connectivity index (χ0n) is 11.1. The largest absolute Gasteiger partial charge is 0.310 e. The van der Waals surface area contributed by atoms with E-state index in [1.54, 1.807) is 6.07 Å². The number of benzene rings is 1. The summed E-state index contributed by atoms with van der Waals surface area (Å²) in [7, 11) is 0. The van der Waals surface area contributed by atoms with E-state index in [1.807, 2.05) is 13.0 Å². The first-order valence-corrected chi connectivity index (χ1v) is 7.17. The molecule has 3 heteroatoms. The second kappa shape index (κ2) is 7.70. The van der Waals surface area contributed by atoms with Gasteiger partial charge in [0.1, 0.15) is 5.82 Å². The van der Waals surface area contributed by atoms with Gasteiger partial charge >= 0.3 is 0 Å². The van der Waals surface area contributed by atoms with E-state index in [4.69, 9.17) is 0 Å². The second-order valence-corrected chi connectivity index (χ2v) is 5.49. The molecule has 0 saturated carbocycles. The summed E-state index contributed by atoms with van der Waals surface area (Å²) in [4.78, 5) is 0. The first-order chi connectivity index (χ1) is 8.56. The molecule has 18 heavy (non-hydrogen) atoms. The van der Waals surface area contributed by atoms with Crippen molar-refractivity contribution in [2.24, 2.45) is 0 Å². The van der Waals surface area contributed by atoms with Crippen LogP contribution in [-0.2, 0) is 0 Å². The molecule has 100 valence electrons. The molecule has 1 N–H and O–H groups in total. The Hall–Kier alpha value is -0.670. The summed E-state index contributed by atoms with van der Waals surface area (Å²) in [5.41, 5.74) is 1.86. The van der Waals surface area contributed by atoms with Gasteiger partial charge in [0.05, 0.1) is 0 Å². The Bertz CT molecular complexity index is 383. The minimum atomic E-state index is -0.153. The first kappa shape index (κ1) is 15.4. The molecule has 0 heterocycles. The van der Waals surface area contributed by atoms with E-state index in [0.29, 0.717) is 0 Å². The summed E-state index contributed by atoms with van der Waals surface area (Å²) in [5, 5.41) is 3.41. The van der Waals surface area contributed by atoms with Crippen LogP contribution in [0.4, 0.5) is 4.39 Å². The summed E-state index contributed by atoms with van der Waals surface area (Å²) in [6.07, 6.45) is 2.81. The Labute approximate surface area is 118 Å². The van der Waals surface area contributed by atoms with E-state index >= 15 is 0 Å². The average Bonchev–Trinajstić information content (AvgIpc) is 2.31. The average molecular weight is 314 g/mol. The highest BCUT2D eigenvalue weighted by molar-refractivity contribution is 9.10. The number of hydrogen-bond donors (Lipinski definition) is 1. The Kier molecular flexibility index (Phi) is 6.58. The van der Waals surface area contributed by atoms with Crippen LogP contribution in [0.25, 0.3) is 0 Å². The molecule has 0 saturated heterocycles. The lowest BCUT2D eigenvalue weighted by molar-refractivity contribution is 0.471. The minimum absolute atomic E-state index is 0.0391. The summed E-state index contributed by atoms with van der Waals surface area (Å²) >= 11 is 3.44. The monoisotopic (exact) mass is 313 g/mol. The molecule has 1 aromatic carbocycles. The van der Waals surface area contributed by atoms with E-state index in [1.165, 1.54) is 6.07 Å². The van der Waals surface area contributed by atoms with Gasteiger partial charge in [-0.2, -0.15) is 0 Å². The van der Waals surface area contributed by atoms with E-state index < -0.39 is 0 Å². The molecule has 0 aromatic heterocycles. The highest BCUT2D eigenvalue weighted by Crippen LogP contribution is 2.29. The van der Waals surface area contributed by atoms with Crippen LogP contribution < -0.4 is 5.32 Å². The maximum absolute atomic E-state index is 14.0. The highest BCUT2D eigenvalue weighted by atomic mass is 79.9. The zero-order valence-corrected chi connectivity index (χ0v) is 12.7. The van der Waals surface area contributed by atoms with Gasteiger partial charge in [-0.05, 0) is 44.9 Å². The molecule has 1 rings (SSSR count). The molecule has 0 fully saturated rings. The molecule has 1 unspecified atom stereocenters. The van der Waals surface area contributed by atoms with Crippen molar-refractivity contribution in [3.8, 4) is 0 Å². The van der Waals surface area contributed by atoms with E-state index in [0.717, 1.165) is 41.4 Å². The van der Waals surface area contributed by atoms with Crippen molar-refractivity contribution >= 4 is 15.9 Å². The molecule has 1 atom stereocenters. The molecule has 1 nitrogen and oxygen atoms in total. The second-order valence-electron chi connectivity index (χ2n) is 4.64. The smallest absolute Gasteiger partial charge is 0.129 e. The summed E-state index contributed by atoms with van der Waals surface area (Å²) in [6, 6.07) is 5.16. The third-order valence-electron chi connectivity index (χ3n) is 2.85. The minimum Gasteiger partial charge on any atom is -0.310 e. The maximum atomic E-state index is 14.0. The van der Waals surface area contributed by atoms with Gasteiger partial charge in [0.15, 0.2) is 0 Å². The van der Waals surface area contributed by atoms with Gasteiger partial charge in [0.2, 0.25) is 0 Å². The number of hydrogen-bond acceptors (Lipinski definition) is 1. The lowest BCUT2D eigenvalue weighted by Crippen LogP contribution is -2.23. The standard InChI is InChI=1S/C15H21BrFN/c1-4-10-18-14(9-8-11(2)3)15-12(16)6-5-7-13(15)17/h5-7,14,18H,2,4,8-10H2,1,3H3. The molecule has 0 aliphatic rings. The van der Waals surface area contributed by atoms with E-state index in [2.05, 4.69) is 34.7 Å². The van der Waals surface area contributed by atoms with Crippen LogP contribution in [0.15, 0.2) is 34.8 Å². The fraction of sp³-hybridized carbons (Fsp3) is 0.467. The van der Waals surface area contributed by atoms with Crippen LogP contribution >= 0.6 is 15.9 Å². The Morgan fingerprint density at radius 3 is 2.78 bits per heavy atom. The van der Waals surface area contributed by atoms with Crippen molar-refractivity contribution in [1.82, 2.24) is 5.32 Å². The predicted octanol–water partition coefficient (Wildman–Crippen LogP) is 4.99. The fourth-order valence-corrected chi connectivity index (χ4v) is 2.52. The third kappa shape index (κ3) is 4.54. The molecular formula is C15H21BrFN. The van der Waals surface area contributed by atoms with Crippen molar-refractivity contribution in [2.45, 2.75) is 39.2 Å². The van der Waals surface area contributed by atoms with Gasteiger partial charge in [0, 0.05) is 16.1 Å². The van der Waals surface area contributed by atoms with Crippen LogP contribution in [0, 0.1) is 5.82 Å². The van der Waals surface area contributed by atoms with E-state index in [9.17, 15) is 4.39 Å². The summed E-state index contributed by atoms with van der Waals surface area (Å²) < 4.78 is 14.8. The number of halogens is 2. The van der Waals surface area contributed by atoms with Crippen molar-refractivity contribution in [3.63, 3.8) is 0 Å². The first-order valence-electron chi connectivity index (χ1n) is 6.38. The molecule has 0 aliphatic carbocycles. The Morgan fingerprint density at radius 2 is 2.22 bits per heavy atom. The molecule has 0 bridgehead atoms. The number of nitrogens with one attached hydrogen (secondary N) is 1. The van der Waals surface area contributed by atoms with Crippen molar-refractivity contribution in [2.75, 3.05) is 6.54 Å². The topological polar surface area (TPSA) is 12.0 Å². The molecule has 0 radical (unpaired) electrons. The number of rotatable bonds is 7. The Balaban J connectivity index is 2.89. The van der Waals surface area contributed by atoms with Crippen LogP contribution in [-0.4, -0.2) is 6.54 Å². The highest BCUT2D eigenvalue weighted by Gasteiger charge is 2.17. The van der Waals surface area contributed by atoms with Gasteiger partial charge in [-0.1, -0.05) is 34.5 Å². The summed E-state index contributed by atoms with van der Waals surface area (Å²) in [5.74, 6) is -0.153. The maximum Gasteiger partial charge on any atom is 0.129 e. The summed E-state index contributed by atoms with van der Waals surface area (Å²) in [6.45, 7) is 8.92. The van der Waals surface area contributed by atoms with Gasteiger partial charge in [-0.15, -0.1) is 6.58 Å². The van der Waals surface area contributed by atoms with Crippen molar-refractivity contribution < 1.29 is 4.39 Å². The third-order valence-corrected chi connectivity index (χ3v) is 3.54. The van der Waals surface area contributed by atoms with Gasteiger partial charge < -0.3 is 5.32 Å². The molecule has 0 spiro atoms. The predicted molar refractivity (Wildman–Crippen MR) is 79.2 cm³/mol. The molecule has 0 aliphatic heterocycles. The van der Waals surface area contributed by atoms with Crippen LogP contribution in [0.1, 0.15) is 44.7 Å². The Morgan fingerprint density at radius 1 is 1.50 bits per heavy atom.